The van der Waals surface area contributed by atoms with Gasteiger partial charge in [0.15, 0.2) is 0 Å². The van der Waals surface area contributed by atoms with Gasteiger partial charge in [-0.15, -0.1) is 0 Å². The normalized spacial score (nSPS) is 16.6. The summed E-state index contributed by atoms with van der Waals surface area (Å²) in [7, 11) is 0. The second-order valence-electron chi connectivity index (χ2n) is 5.70. The minimum absolute atomic E-state index is 0.000123. The third-order valence-corrected chi connectivity index (χ3v) is 4.34. The molecule has 0 atom stereocenters. The predicted octanol–water partition coefficient (Wildman–Crippen LogP) is 3.69. The maximum atomic E-state index is 14.0. The molecule has 1 N–H and O–H groups in total. The molecule has 1 fully saturated rings. The average molecular weight is 269 g/mol. The van der Waals surface area contributed by atoms with Crippen molar-refractivity contribution in [1.82, 2.24) is 5.32 Å². The van der Waals surface area contributed by atoms with E-state index in [0.717, 1.165) is 37.9 Å². The van der Waals surface area contributed by atoms with Crippen LogP contribution in [0.5, 0.6) is 0 Å². The van der Waals surface area contributed by atoms with Gasteiger partial charge in [0, 0.05) is 18.5 Å². The van der Waals surface area contributed by atoms with Crippen LogP contribution in [0.4, 0.5) is 4.39 Å². The van der Waals surface area contributed by atoms with Gasteiger partial charge in [-0.05, 0) is 36.5 Å². The largest absolute Gasteiger partial charge is 0.315 e. The van der Waals surface area contributed by atoms with Gasteiger partial charge in [0.05, 0.1) is 0 Å². The molecule has 1 nitrogen and oxygen atoms in total. The zero-order valence-corrected chi connectivity index (χ0v) is 11.6. The zero-order valence-electron chi connectivity index (χ0n) is 11.6. The highest BCUT2D eigenvalue weighted by Crippen LogP contribution is 2.35. The Bertz CT molecular complexity index is 561. The monoisotopic (exact) mass is 269 g/mol. The molecule has 1 heterocycles. The van der Waals surface area contributed by atoms with Crippen molar-refractivity contribution in [3.8, 4) is 0 Å². The van der Waals surface area contributed by atoms with Gasteiger partial charge < -0.3 is 5.32 Å². The topological polar surface area (TPSA) is 12.0 Å². The van der Waals surface area contributed by atoms with E-state index in [-0.39, 0.29) is 11.2 Å². The van der Waals surface area contributed by atoms with Crippen molar-refractivity contribution >= 4 is 0 Å². The van der Waals surface area contributed by atoms with Crippen LogP contribution >= 0.6 is 0 Å². The maximum Gasteiger partial charge on any atom is 0.127 e. The van der Waals surface area contributed by atoms with Crippen molar-refractivity contribution in [2.24, 2.45) is 0 Å². The van der Waals surface area contributed by atoms with Crippen LogP contribution in [0.3, 0.4) is 0 Å². The highest BCUT2D eigenvalue weighted by atomic mass is 19.1. The van der Waals surface area contributed by atoms with E-state index in [0.29, 0.717) is 0 Å². The first-order valence-electron chi connectivity index (χ1n) is 7.30. The van der Waals surface area contributed by atoms with Crippen LogP contribution in [0.25, 0.3) is 0 Å². The molecule has 0 aromatic heterocycles. The Hall–Kier alpha value is -1.67. The minimum atomic E-state index is -0.0614. The fraction of sp³-hybridized carbons (Fsp3) is 0.333. The number of aryl methyl sites for hydroxylation is 1. The molecule has 1 aliphatic heterocycles. The van der Waals surface area contributed by atoms with Crippen molar-refractivity contribution in [3.63, 3.8) is 0 Å². The fourth-order valence-corrected chi connectivity index (χ4v) is 3.10. The summed E-state index contributed by atoms with van der Waals surface area (Å²) in [6, 6.07) is 17.7. The third kappa shape index (κ3) is 2.61. The molecule has 1 saturated heterocycles. The lowest BCUT2D eigenvalue weighted by Crippen LogP contribution is -2.57. The Morgan fingerprint density at radius 2 is 1.65 bits per heavy atom. The summed E-state index contributed by atoms with van der Waals surface area (Å²) in [5.74, 6) is -0.0614. The van der Waals surface area contributed by atoms with Gasteiger partial charge >= 0.3 is 0 Å². The summed E-state index contributed by atoms with van der Waals surface area (Å²) in [5.41, 5.74) is 2.25. The van der Waals surface area contributed by atoms with E-state index in [1.807, 2.05) is 18.2 Å². The third-order valence-electron chi connectivity index (χ3n) is 4.34. The van der Waals surface area contributed by atoms with E-state index in [1.165, 1.54) is 5.56 Å². The van der Waals surface area contributed by atoms with Crippen LogP contribution in [0.15, 0.2) is 54.6 Å². The summed E-state index contributed by atoms with van der Waals surface area (Å²) in [5, 5.41) is 3.31. The van der Waals surface area contributed by atoms with Crippen molar-refractivity contribution in [2.75, 3.05) is 13.1 Å². The molecule has 0 bridgehead atoms. The Morgan fingerprint density at radius 3 is 2.30 bits per heavy atom. The second-order valence-corrected chi connectivity index (χ2v) is 5.70. The van der Waals surface area contributed by atoms with Crippen molar-refractivity contribution < 1.29 is 4.39 Å². The highest BCUT2D eigenvalue weighted by Gasteiger charge is 2.39. The standard InChI is InChI=1S/C18H20FN/c19-17-11-5-4-10-16(17)18(13-20-14-18)12-6-9-15-7-2-1-3-8-15/h1-5,7-8,10-11,20H,6,9,12-14H2. The Kier molecular flexibility index (Phi) is 3.83. The lowest BCUT2D eigenvalue weighted by molar-refractivity contribution is 0.244. The Balaban J connectivity index is 1.67. The van der Waals surface area contributed by atoms with E-state index in [2.05, 4.69) is 29.6 Å². The Labute approximate surface area is 119 Å². The van der Waals surface area contributed by atoms with E-state index in [9.17, 15) is 4.39 Å². The number of rotatable bonds is 5. The quantitative estimate of drug-likeness (QED) is 0.873. The summed E-state index contributed by atoms with van der Waals surface area (Å²) < 4.78 is 14.0. The van der Waals surface area contributed by atoms with Gasteiger partial charge in [-0.2, -0.15) is 0 Å². The van der Waals surface area contributed by atoms with Crippen LogP contribution < -0.4 is 5.32 Å². The summed E-state index contributed by atoms with van der Waals surface area (Å²) >= 11 is 0. The summed E-state index contributed by atoms with van der Waals surface area (Å²) in [4.78, 5) is 0. The molecule has 0 amide bonds. The van der Waals surface area contributed by atoms with Crippen LogP contribution in [-0.4, -0.2) is 13.1 Å². The first-order valence-corrected chi connectivity index (χ1v) is 7.30. The van der Waals surface area contributed by atoms with E-state index >= 15 is 0 Å². The second kappa shape index (κ2) is 5.76. The van der Waals surface area contributed by atoms with Gasteiger partial charge in [-0.3, -0.25) is 0 Å². The molecule has 0 unspecified atom stereocenters. The summed E-state index contributed by atoms with van der Waals surface area (Å²) in [6.45, 7) is 1.78. The number of hydrogen-bond acceptors (Lipinski definition) is 1. The van der Waals surface area contributed by atoms with E-state index in [1.54, 1.807) is 12.1 Å². The van der Waals surface area contributed by atoms with E-state index < -0.39 is 0 Å². The van der Waals surface area contributed by atoms with Gasteiger partial charge in [-0.1, -0.05) is 48.5 Å². The lowest BCUT2D eigenvalue weighted by atomic mass is 9.71. The number of halogens is 1. The molecule has 2 heteroatoms. The fourth-order valence-electron chi connectivity index (χ4n) is 3.10. The molecule has 20 heavy (non-hydrogen) atoms. The molecule has 2 aromatic carbocycles. The SMILES string of the molecule is Fc1ccccc1C1(CCCc2ccccc2)CNC1. The van der Waals surface area contributed by atoms with Crippen molar-refractivity contribution in [1.29, 1.82) is 0 Å². The average Bonchev–Trinajstić information content (AvgIpc) is 2.44. The zero-order chi connectivity index (χ0) is 13.8. The van der Waals surface area contributed by atoms with Crippen molar-refractivity contribution in [2.45, 2.75) is 24.7 Å². The molecule has 3 rings (SSSR count). The lowest BCUT2D eigenvalue weighted by Gasteiger charge is -2.43. The van der Waals surface area contributed by atoms with Crippen LogP contribution in [0, 0.1) is 5.82 Å². The van der Waals surface area contributed by atoms with Crippen molar-refractivity contribution in [3.05, 3.63) is 71.5 Å². The minimum Gasteiger partial charge on any atom is -0.315 e. The molecule has 0 radical (unpaired) electrons. The first kappa shape index (κ1) is 13.3. The molecular weight excluding hydrogens is 249 g/mol. The van der Waals surface area contributed by atoms with Gasteiger partial charge in [0.25, 0.3) is 0 Å². The molecular formula is C18H20FN. The number of nitrogens with one attached hydrogen (secondary N) is 1. The van der Waals surface area contributed by atoms with Gasteiger partial charge in [-0.25, -0.2) is 4.39 Å². The summed E-state index contributed by atoms with van der Waals surface area (Å²) in [6.07, 6.45) is 3.20. The molecule has 1 aliphatic rings. The molecule has 2 aromatic rings. The van der Waals surface area contributed by atoms with Gasteiger partial charge in [0.2, 0.25) is 0 Å². The van der Waals surface area contributed by atoms with Crippen LogP contribution in [0.2, 0.25) is 0 Å². The highest BCUT2D eigenvalue weighted by molar-refractivity contribution is 5.31. The van der Waals surface area contributed by atoms with E-state index in [4.69, 9.17) is 0 Å². The molecule has 0 aliphatic carbocycles. The number of hydrogen-bond donors (Lipinski definition) is 1. The smallest absolute Gasteiger partial charge is 0.127 e. The van der Waals surface area contributed by atoms with Crippen LogP contribution in [0.1, 0.15) is 24.0 Å². The number of benzene rings is 2. The first-order chi connectivity index (χ1) is 9.80. The predicted molar refractivity (Wildman–Crippen MR) is 80.3 cm³/mol. The Morgan fingerprint density at radius 1 is 0.950 bits per heavy atom. The maximum absolute atomic E-state index is 14.0. The molecule has 104 valence electrons. The van der Waals surface area contributed by atoms with Gasteiger partial charge in [0.1, 0.15) is 5.82 Å². The molecule has 0 saturated carbocycles. The molecule has 0 spiro atoms. The van der Waals surface area contributed by atoms with Crippen LogP contribution in [-0.2, 0) is 11.8 Å².